The van der Waals surface area contributed by atoms with Crippen LogP contribution in [0.2, 0.25) is 5.02 Å². The monoisotopic (exact) mass is 445 g/mol. The Balaban J connectivity index is 1.31. The van der Waals surface area contributed by atoms with E-state index >= 15 is 0 Å². The second kappa shape index (κ2) is 8.16. The third kappa shape index (κ3) is 3.75. The van der Waals surface area contributed by atoms with Gasteiger partial charge in [-0.25, -0.2) is 0 Å². The molecule has 3 heteroatoms. The number of hydrogen-bond acceptors (Lipinski definition) is 2. The summed E-state index contributed by atoms with van der Waals surface area (Å²) in [5, 5.41) is 6.21. The Bertz CT molecular complexity index is 1580. The predicted molar refractivity (Wildman–Crippen MR) is 139 cm³/mol. The minimum atomic E-state index is 0.697. The molecule has 1 N–H and O–H groups in total. The van der Waals surface area contributed by atoms with Crippen LogP contribution in [0.5, 0.6) is 0 Å². The van der Waals surface area contributed by atoms with Gasteiger partial charge in [0.05, 0.1) is 5.02 Å². The number of hydrogen-bond donors (Lipinski definition) is 1. The molecule has 0 fully saturated rings. The van der Waals surface area contributed by atoms with Gasteiger partial charge in [-0.05, 0) is 64.7 Å². The maximum absolute atomic E-state index is 6.69. The maximum Gasteiger partial charge on any atom is 0.137 e. The fourth-order valence-corrected chi connectivity index (χ4v) is 4.60. The minimum absolute atomic E-state index is 0.697. The first-order chi connectivity index (χ1) is 16.2. The topological polar surface area (TPSA) is 25.2 Å². The van der Waals surface area contributed by atoms with Crippen LogP contribution in [0.25, 0.3) is 44.2 Å². The Kier molecular flexibility index (Phi) is 4.86. The van der Waals surface area contributed by atoms with Gasteiger partial charge in [-0.1, -0.05) is 84.4 Å². The van der Waals surface area contributed by atoms with E-state index in [-0.39, 0.29) is 0 Å². The molecule has 0 saturated carbocycles. The summed E-state index contributed by atoms with van der Waals surface area (Å²) in [5.41, 5.74) is 8.21. The lowest BCUT2D eigenvalue weighted by Crippen LogP contribution is -1.91. The van der Waals surface area contributed by atoms with Gasteiger partial charge in [-0.15, -0.1) is 0 Å². The van der Waals surface area contributed by atoms with Crippen molar-refractivity contribution in [3.05, 3.63) is 120 Å². The molecule has 2 nitrogen and oxygen atoms in total. The van der Waals surface area contributed by atoms with Gasteiger partial charge in [0.1, 0.15) is 11.2 Å². The van der Waals surface area contributed by atoms with Gasteiger partial charge >= 0.3 is 0 Å². The molecule has 6 aromatic rings. The third-order valence-electron chi connectivity index (χ3n) is 5.91. The Labute approximate surface area is 197 Å². The largest absolute Gasteiger partial charge is 0.456 e. The van der Waals surface area contributed by atoms with Crippen LogP contribution in [0.15, 0.2) is 120 Å². The van der Waals surface area contributed by atoms with E-state index in [0.29, 0.717) is 5.02 Å². The Morgan fingerprint density at radius 3 is 2.09 bits per heavy atom. The van der Waals surface area contributed by atoms with E-state index in [1.165, 1.54) is 11.1 Å². The van der Waals surface area contributed by atoms with E-state index in [1.807, 2.05) is 42.5 Å². The second-order valence-electron chi connectivity index (χ2n) is 8.08. The highest BCUT2D eigenvalue weighted by Gasteiger charge is 2.12. The summed E-state index contributed by atoms with van der Waals surface area (Å²) in [6.45, 7) is 0. The molecule has 5 aromatic carbocycles. The summed E-state index contributed by atoms with van der Waals surface area (Å²) in [6.07, 6.45) is 0. The summed E-state index contributed by atoms with van der Waals surface area (Å²) >= 11 is 6.69. The fourth-order valence-electron chi connectivity index (χ4n) is 4.29. The Morgan fingerprint density at radius 2 is 1.24 bits per heavy atom. The van der Waals surface area contributed by atoms with Gasteiger partial charge in [0.15, 0.2) is 0 Å². The molecule has 6 rings (SSSR count). The molecule has 0 radical (unpaired) electrons. The van der Waals surface area contributed by atoms with Crippen LogP contribution < -0.4 is 5.32 Å². The zero-order valence-corrected chi connectivity index (χ0v) is 18.5. The van der Waals surface area contributed by atoms with Gasteiger partial charge in [-0.3, -0.25) is 0 Å². The molecule has 0 aliphatic rings. The van der Waals surface area contributed by atoms with Crippen LogP contribution in [-0.4, -0.2) is 0 Å². The predicted octanol–water partition coefficient (Wildman–Crippen LogP) is 9.32. The summed E-state index contributed by atoms with van der Waals surface area (Å²) in [6, 6.07) is 39.3. The van der Waals surface area contributed by atoms with Crippen LogP contribution in [0.3, 0.4) is 0 Å². The summed E-state index contributed by atoms with van der Waals surface area (Å²) in [4.78, 5) is 0. The van der Waals surface area contributed by atoms with Crippen LogP contribution in [0.4, 0.5) is 11.4 Å². The SMILES string of the molecule is Clc1cc(-c2cccc(Nc3ccc(-c4ccccc4)cc3)c2)cc2oc3ccccc3c12. The van der Waals surface area contributed by atoms with Crippen molar-refractivity contribution in [2.24, 2.45) is 0 Å². The van der Waals surface area contributed by atoms with E-state index in [2.05, 4.69) is 78.1 Å². The molecule has 0 bridgehead atoms. The van der Waals surface area contributed by atoms with Crippen molar-refractivity contribution in [2.75, 3.05) is 5.32 Å². The smallest absolute Gasteiger partial charge is 0.137 e. The Morgan fingerprint density at radius 1 is 0.515 bits per heavy atom. The highest BCUT2D eigenvalue weighted by molar-refractivity contribution is 6.38. The highest BCUT2D eigenvalue weighted by atomic mass is 35.5. The normalized spacial score (nSPS) is 11.2. The van der Waals surface area contributed by atoms with E-state index in [4.69, 9.17) is 16.0 Å². The van der Waals surface area contributed by atoms with Crippen LogP contribution in [0, 0.1) is 0 Å². The number of rotatable bonds is 4. The van der Waals surface area contributed by atoms with E-state index in [0.717, 1.165) is 44.4 Å². The summed E-state index contributed by atoms with van der Waals surface area (Å²) in [5.74, 6) is 0. The molecule has 0 aliphatic carbocycles. The van der Waals surface area contributed by atoms with Gasteiger partial charge in [0, 0.05) is 22.1 Å². The number of benzene rings is 5. The fraction of sp³-hybridized carbons (Fsp3) is 0. The molecule has 1 heterocycles. The lowest BCUT2D eigenvalue weighted by molar-refractivity contribution is 0.669. The molecular weight excluding hydrogens is 426 g/mol. The molecular formula is C30H20ClNO. The molecule has 33 heavy (non-hydrogen) atoms. The molecule has 0 aliphatic heterocycles. The van der Waals surface area contributed by atoms with Crippen molar-refractivity contribution >= 4 is 44.9 Å². The quantitative estimate of drug-likeness (QED) is 0.292. The summed E-state index contributed by atoms with van der Waals surface area (Å²) < 4.78 is 6.07. The van der Waals surface area contributed by atoms with Crippen LogP contribution >= 0.6 is 11.6 Å². The van der Waals surface area contributed by atoms with Crippen molar-refractivity contribution < 1.29 is 4.42 Å². The van der Waals surface area contributed by atoms with Crippen molar-refractivity contribution in [3.8, 4) is 22.3 Å². The number of anilines is 2. The number of furan rings is 1. The number of halogens is 1. The molecule has 0 saturated heterocycles. The van der Waals surface area contributed by atoms with Gasteiger partial charge in [0.25, 0.3) is 0 Å². The average Bonchev–Trinajstić information content (AvgIpc) is 3.24. The minimum Gasteiger partial charge on any atom is -0.456 e. The zero-order valence-electron chi connectivity index (χ0n) is 17.8. The molecule has 0 spiro atoms. The van der Waals surface area contributed by atoms with E-state index in [9.17, 15) is 0 Å². The first-order valence-electron chi connectivity index (χ1n) is 10.9. The van der Waals surface area contributed by atoms with E-state index < -0.39 is 0 Å². The molecule has 0 unspecified atom stereocenters. The number of nitrogens with one attached hydrogen (secondary N) is 1. The van der Waals surface area contributed by atoms with Crippen molar-refractivity contribution in [1.29, 1.82) is 0 Å². The lowest BCUT2D eigenvalue weighted by atomic mass is 10.0. The van der Waals surface area contributed by atoms with Crippen molar-refractivity contribution in [1.82, 2.24) is 0 Å². The average molecular weight is 446 g/mol. The molecule has 0 atom stereocenters. The first kappa shape index (κ1) is 19.7. The van der Waals surface area contributed by atoms with Crippen LogP contribution in [0.1, 0.15) is 0 Å². The Hall–Kier alpha value is -4.01. The highest BCUT2D eigenvalue weighted by Crippen LogP contribution is 2.38. The standard InChI is InChI=1S/C30H20ClNO/c31-27-18-23(19-29-30(27)26-11-4-5-12-28(26)33-29)22-9-6-10-25(17-22)32-24-15-13-21(14-16-24)20-7-2-1-3-8-20/h1-19,32H. The van der Waals surface area contributed by atoms with Gasteiger partial charge in [-0.2, -0.15) is 0 Å². The van der Waals surface area contributed by atoms with Gasteiger partial charge < -0.3 is 9.73 Å². The summed E-state index contributed by atoms with van der Waals surface area (Å²) in [7, 11) is 0. The van der Waals surface area contributed by atoms with E-state index in [1.54, 1.807) is 0 Å². The lowest BCUT2D eigenvalue weighted by Gasteiger charge is -2.10. The number of para-hydroxylation sites is 1. The van der Waals surface area contributed by atoms with Crippen molar-refractivity contribution in [3.63, 3.8) is 0 Å². The van der Waals surface area contributed by atoms with Crippen molar-refractivity contribution in [2.45, 2.75) is 0 Å². The number of fused-ring (bicyclic) bond motifs is 3. The molecule has 1 aromatic heterocycles. The van der Waals surface area contributed by atoms with Gasteiger partial charge in [0.2, 0.25) is 0 Å². The zero-order chi connectivity index (χ0) is 22.2. The molecule has 0 amide bonds. The maximum atomic E-state index is 6.69. The molecule has 158 valence electrons. The first-order valence-corrected chi connectivity index (χ1v) is 11.3. The second-order valence-corrected chi connectivity index (χ2v) is 8.49. The van der Waals surface area contributed by atoms with Crippen LogP contribution in [-0.2, 0) is 0 Å². The third-order valence-corrected chi connectivity index (χ3v) is 6.21.